The van der Waals surface area contributed by atoms with Crippen LogP contribution in [0.3, 0.4) is 0 Å². The number of methoxy groups -OCH3 is 1. The second-order valence-corrected chi connectivity index (χ2v) is 7.53. The molecular weight excluding hydrogens is 404 g/mol. The molecule has 0 aliphatic carbocycles. The molecule has 7 nitrogen and oxygen atoms in total. The van der Waals surface area contributed by atoms with Gasteiger partial charge in [-0.2, -0.15) is 0 Å². The molecule has 3 heterocycles. The number of carbonyl (C=O) groups is 2. The van der Waals surface area contributed by atoms with E-state index in [0.717, 1.165) is 0 Å². The van der Waals surface area contributed by atoms with E-state index in [2.05, 4.69) is 4.98 Å². The van der Waals surface area contributed by atoms with Crippen molar-refractivity contribution in [3.63, 3.8) is 0 Å². The third-order valence-electron chi connectivity index (χ3n) is 4.86. The van der Waals surface area contributed by atoms with Crippen molar-refractivity contribution in [2.75, 3.05) is 7.11 Å². The highest BCUT2D eigenvalue weighted by Gasteiger charge is 2.29. The summed E-state index contributed by atoms with van der Waals surface area (Å²) in [6, 6.07) is 11.0. The van der Waals surface area contributed by atoms with Crippen molar-refractivity contribution < 1.29 is 18.7 Å². The molecule has 0 radical (unpaired) electrons. The summed E-state index contributed by atoms with van der Waals surface area (Å²) < 4.78 is 11.5. The van der Waals surface area contributed by atoms with Crippen LogP contribution in [0.4, 0.5) is 0 Å². The number of hydrogen-bond acceptors (Lipinski definition) is 7. The average molecular weight is 422 g/mol. The van der Waals surface area contributed by atoms with Crippen LogP contribution in [0.2, 0.25) is 0 Å². The molecule has 152 valence electrons. The summed E-state index contributed by atoms with van der Waals surface area (Å²) in [5.41, 5.74) is 0.605. The summed E-state index contributed by atoms with van der Waals surface area (Å²) in [5, 5.41) is 2.16. The second-order valence-electron chi connectivity index (χ2n) is 6.67. The molecule has 0 fully saturated rings. The van der Waals surface area contributed by atoms with Gasteiger partial charge >= 0.3 is 5.97 Å². The number of thiophene rings is 1. The standard InChI is InChI=1S/C22H18N2O5S/c1-13-23-21-19(15(12-30-21)17-9-6-10-29-17)22(27)24(13)16(11-18(25)28-2)20(26)14-7-4-3-5-8-14/h3-10,12,16H,11H2,1-2H3. The van der Waals surface area contributed by atoms with Gasteiger partial charge in [0.05, 0.1) is 25.2 Å². The summed E-state index contributed by atoms with van der Waals surface area (Å²) in [5.74, 6) is -0.0673. The van der Waals surface area contributed by atoms with Gasteiger partial charge in [0.25, 0.3) is 5.56 Å². The number of carbonyl (C=O) groups excluding carboxylic acids is 2. The first-order valence-corrected chi connectivity index (χ1v) is 10.1. The number of aryl methyl sites for hydroxylation is 1. The first kappa shape index (κ1) is 19.8. The predicted octanol–water partition coefficient (Wildman–Crippen LogP) is 4.01. The minimum absolute atomic E-state index is 0.279. The molecule has 0 saturated heterocycles. The van der Waals surface area contributed by atoms with Crippen molar-refractivity contribution in [1.82, 2.24) is 9.55 Å². The number of aromatic nitrogens is 2. The highest BCUT2D eigenvalue weighted by atomic mass is 32.1. The van der Waals surface area contributed by atoms with Gasteiger partial charge in [0.15, 0.2) is 5.78 Å². The fourth-order valence-electron chi connectivity index (χ4n) is 3.42. The fraction of sp³-hybridized carbons (Fsp3) is 0.182. The molecule has 1 unspecified atom stereocenters. The number of ether oxygens (including phenoxy) is 1. The van der Waals surface area contributed by atoms with E-state index >= 15 is 0 Å². The molecule has 8 heteroatoms. The van der Waals surface area contributed by atoms with E-state index in [9.17, 15) is 14.4 Å². The Morgan fingerprint density at radius 3 is 2.63 bits per heavy atom. The number of rotatable bonds is 6. The largest absolute Gasteiger partial charge is 0.469 e. The lowest BCUT2D eigenvalue weighted by Crippen LogP contribution is -2.34. The Morgan fingerprint density at radius 2 is 1.97 bits per heavy atom. The zero-order chi connectivity index (χ0) is 21.3. The molecule has 0 bridgehead atoms. The number of benzene rings is 1. The second kappa shape index (κ2) is 8.08. The molecule has 0 N–H and O–H groups in total. The van der Waals surface area contributed by atoms with Gasteiger partial charge in [-0.15, -0.1) is 11.3 Å². The van der Waals surface area contributed by atoms with Crippen molar-refractivity contribution in [3.05, 3.63) is 75.8 Å². The summed E-state index contributed by atoms with van der Waals surface area (Å²) >= 11 is 1.32. The van der Waals surface area contributed by atoms with E-state index < -0.39 is 17.6 Å². The first-order chi connectivity index (χ1) is 14.5. The molecule has 0 aliphatic heterocycles. The van der Waals surface area contributed by atoms with Crippen molar-refractivity contribution in [2.24, 2.45) is 0 Å². The van der Waals surface area contributed by atoms with Gasteiger partial charge in [-0.05, 0) is 19.1 Å². The first-order valence-electron chi connectivity index (χ1n) is 9.21. The van der Waals surface area contributed by atoms with E-state index in [-0.39, 0.29) is 12.2 Å². The molecule has 3 aromatic heterocycles. The van der Waals surface area contributed by atoms with Crippen LogP contribution in [-0.4, -0.2) is 28.4 Å². The Balaban J connectivity index is 1.93. The fourth-order valence-corrected chi connectivity index (χ4v) is 4.39. The Labute approximate surface area is 175 Å². The summed E-state index contributed by atoms with van der Waals surface area (Å²) in [7, 11) is 1.25. The highest BCUT2D eigenvalue weighted by Crippen LogP contribution is 2.32. The maximum Gasteiger partial charge on any atom is 0.308 e. The molecule has 0 amide bonds. The van der Waals surface area contributed by atoms with E-state index in [1.165, 1.54) is 29.3 Å². The lowest BCUT2D eigenvalue weighted by molar-refractivity contribution is -0.141. The predicted molar refractivity (Wildman–Crippen MR) is 113 cm³/mol. The highest BCUT2D eigenvalue weighted by molar-refractivity contribution is 7.17. The number of furan rings is 1. The van der Waals surface area contributed by atoms with Crippen molar-refractivity contribution in [2.45, 2.75) is 19.4 Å². The lowest BCUT2D eigenvalue weighted by atomic mass is 10.0. The number of hydrogen-bond donors (Lipinski definition) is 0. The molecule has 1 atom stereocenters. The molecule has 4 aromatic rings. The smallest absolute Gasteiger partial charge is 0.308 e. The van der Waals surface area contributed by atoms with Crippen LogP contribution >= 0.6 is 11.3 Å². The molecule has 0 spiro atoms. The zero-order valence-corrected chi connectivity index (χ0v) is 17.1. The molecule has 30 heavy (non-hydrogen) atoms. The normalized spacial score (nSPS) is 12.1. The maximum atomic E-state index is 13.6. The van der Waals surface area contributed by atoms with Crippen LogP contribution in [0.15, 0.2) is 63.3 Å². The summed E-state index contributed by atoms with van der Waals surface area (Å²) in [6.07, 6.45) is 1.25. The number of esters is 1. The van der Waals surface area contributed by atoms with E-state index in [4.69, 9.17) is 9.15 Å². The molecular formula is C22H18N2O5S. The summed E-state index contributed by atoms with van der Waals surface area (Å²) in [6.45, 7) is 1.65. The van der Waals surface area contributed by atoms with Crippen LogP contribution in [0.5, 0.6) is 0 Å². The quantitative estimate of drug-likeness (QED) is 0.344. The number of nitrogens with zero attached hydrogens (tertiary/aromatic N) is 2. The van der Waals surface area contributed by atoms with Crippen LogP contribution < -0.4 is 5.56 Å². The van der Waals surface area contributed by atoms with Gasteiger partial charge in [-0.25, -0.2) is 4.98 Å². The van der Waals surface area contributed by atoms with E-state index in [1.807, 2.05) is 0 Å². The van der Waals surface area contributed by atoms with Gasteiger partial charge < -0.3 is 9.15 Å². The number of Topliss-reactive ketones (excluding diaryl/α,β-unsaturated/α-hetero) is 1. The van der Waals surface area contributed by atoms with Gasteiger partial charge in [0.1, 0.15) is 22.5 Å². The Morgan fingerprint density at radius 1 is 1.20 bits per heavy atom. The van der Waals surface area contributed by atoms with Crippen molar-refractivity contribution in [3.8, 4) is 11.3 Å². The van der Waals surface area contributed by atoms with E-state index in [0.29, 0.717) is 32.9 Å². The van der Waals surface area contributed by atoms with Crippen LogP contribution in [0, 0.1) is 6.92 Å². The number of fused-ring (bicyclic) bond motifs is 1. The van der Waals surface area contributed by atoms with Gasteiger partial charge in [-0.3, -0.25) is 19.0 Å². The average Bonchev–Trinajstić information content (AvgIpc) is 3.42. The SMILES string of the molecule is COC(=O)CC(C(=O)c1ccccc1)n1c(C)nc2scc(-c3ccco3)c2c1=O. The van der Waals surface area contributed by atoms with Gasteiger partial charge in [-0.1, -0.05) is 30.3 Å². The molecule has 1 aromatic carbocycles. The molecule has 0 saturated carbocycles. The van der Waals surface area contributed by atoms with E-state index in [1.54, 1.807) is 54.8 Å². The third-order valence-corrected chi connectivity index (χ3v) is 5.74. The lowest BCUT2D eigenvalue weighted by Gasteiger charge is -2.20. The number of ketones is 1. The van der Waals surface area contributed by atoms with Crippen LogP contribution in [-0.2, 0) is 9.53 Å². The zero-order valence-electron chi connectivity index (χ0n) is 16.3. The van der Waals surface area contributed by atoms with Crippen molar-refractivity contribution >= 4 is 33.3 Å². The Kier molecular flexibility index (Phi) is 5.33. The van der Waals surface area contributed by atoms with Crippen LogP contribution in [0.1, 0.15) is 28.6 Å². The topological polar surface area (TPSA) is 91.4 Å². The minimum atomic E-state index is -1.08. The third kappa shape index (κ3) is 3.46. The monoisotopic (exact) mass is 422 g/mol. The maximum absolute atomic E-state index is 13.6. The van der Waals surface area contributed by atoms with Gasteiger partial charge in [0, 0.05) is 16.5 Å². The summed E-state index contributed by atoms with van der Waals surface area (Å²) in [4.78, 5) is 44.0. The molecule has 4 rings (SSSR count). The van der Waals surface area contributed by atoms with Crippen LogP contribution in [0.25, 0.3) is 21.5 Å². The Bertz CT molecular complexity index is 1270. The van der Waals surface area contributed by atoms with Crippen molar-refractivity contribution in [1.29, 1.82) is 0 Å². The Hall–Kier alpha value is -3.52. The van der Waals surface area contributed by atoms with Gasteiger partial charge in [0.2, 0.25) is 0 Å². The molecule has 0 aliphatic rings. The minimum Gasteiger partial charge on any atom is -0.469 e.